The fraction of sp³-hybridized carbons (Fsp3) is 0.485. The van der Waals surface area contributed by atoms with E-state index in [0.29, 0.717) is 43.4 Å². The summed E-state index contributed by atoms with van der Waals surface area (Å²) < 4.78 is 41.4. The molecule has 1 fully saturated rings. The summed E-state index contributed by atoms with van der Waals surface area (Å²) in [4.78, 5) is 62.3. The topological polar surface area (TPSA) is 147 Å². The van der Waals surface area contributed by atoms with Gasteiger partial charge in [0.2, 0.25) is 18.4 Å². The maximum atomic E-state index is 15.5. The molecule has 1 amide bonds. The highest BCUT2D eigenvalue weighted by atomic mass is 35.5. The Labute approximate surface area is 288 Å². The summed E-state index contributed by atoms with van der Waals surface area (Å²) in [5.41, 5.74) is 2.55. The van der Waals surface area contributed by atoms with Gasteiger partial charge in [-0.3, -0.25) is 19.2 Å². The Morgan fingerprint density at radius 3 is 2.00 bits per heavy atom. The van der Waals surface area contributed by atoms with Crippen LogP contribution in [0.15, 0.2) is 48.5 Å². The molecule has 0 radical (unpaired) electrons. The van der Waals surface area contributed by atoms with Crippen molar-refractivity contribution >= 4 is 64.4 Å². The van der Waals surface area contributed by atoms with Crippen molar-refractivity contribution in [3.63, 3.8) is 0 Å². The van der Waals surface area contributed by atoms with E-state index < -0.39 is 61.3 Å². The van der Waals surface area contributed by atoms with Crippen LogP contribution < -0.4 is 10.2 Å². The van der Waals surface area contributed by atoms with Gasteiger partial charge in [0.05, 0.1) is 5.56 Å². The Morgan fingerprint density at radius 2 is 1.44 bits per heavy atom. The zero-order valence-corrected chi connectivity index (χ0v) is 28.3. The number of benzene rings is 2. The Morgan fingerprint density at radius 1 is 0.833 bits per heavy atom. The molecule has 15 heteroatoms. The average Bonchev–Trinajstić information content (AvgIpc) is 3.03. The van der Waals surface area contributed by atoms with Gasteiger partial charge in [0.1, 0.15) is 12.7 Å². The van der Waals surface area contributed by atoms with Gasteiger partial charge in [-0.05, 0) is 54.8 Å². The quantitative estimate of drug-likeness (QED) is 0.148. The van der Waals surface area contributed by atoms with Crippen LogP contribution in [0.5, 0.6) is 0 Å². The fourth-order valence-corrected chi connectivity index (χ4v) is 5.35. The zero-order valence-electron chi connectivity index (χ0n) is 26.8. The summed E-state index contributed by atoms with van der Waals surface area (Å²) in [6, 6.07) is 13.7. The van der Waals surface area contributed by atoms with Crippen LogP contribution in [0.3, 0.4) is 0 Å². The molecule has 0 aromatic heterocycles. The minimum Gasteiger partial charge on any atom is -0.463 e. The second-order valence-electron chi connectivity index (χ2n) is 10.9. The van der Waals surface area contributed by atoms with Gasteiger partial charge in [0.25, 0.3) is 0 Å². The molecule has 1 aliphatic rings. The van der Waals surface area contributed by atoms with E-state index >= 15 is 4.39 Å². The van der Waals surface area contributed by atoms with Crippen molar-refractivity contribution in [1.82, 2.24) is 0 Å². The van der Waals surface area contributed by atoms with Gasteiger partial charge in [-0.1, -0.05) is 12.1 Å². The van der Waals surface area contributed by atoms with Gasteiger partial charge in [-0.2, -0.15) is 0 Å². The maximum absolute atomic E-state index is 15.5. The van der Waals surface area contributed by atoms with Crippen LogP contribution in [0.1, 0.15) is 49.5 Å². The predicted molar refractivity (Wildman–Crippen MR) is 175 cm³/mol. The first kappa shape index (κ1) is 38.5. The second-order valence-corrected chi connectivity index (χ2v) is 11.6. The second kappa shape index (κ2) is 19.2. The van der Waals surface area contributed by atoms with Gasteiger partial charge in [0, 0.05) is 63.4 Å². The van der Waals surface area contributed by atoms with Gasteiger partial charge < -0.3 is 33.9 Å². The Balaban J connectivity index is 1.56. The number of halogens is 3. The molecule has 5 atom stereocenters. The molecule has 12 nitrogen and oxygen atoms in total. The number of aryl methyl sites for hydroxylation is 1. The lowest BCUT2D eigenvalue weighted by Crippen LogP contribution is -2.60. The Bertz CT molecular complexity index is 1390. The lowest BCUT2D eigenvalue weighted by Gasteiger charge is -2.41. The van der Waals surface area contributed by atoms with E-state index in [4.69, 9.17) is 46.9 Å². The van der Waals surface area contributed by atoms with E-state index in [1.54, 1.807) is 0 Å². The molecule has 1 aliphatic heterocycles. The number of hydrogen-bond donors (Lipinski definition) is 1. The van der Waals surface area contributed by atoms with Gasteiger partial charge in [0.15, 0.2) is 12.2 Å². The van der Waals surface area contributed by atoms with Crippen molar-refractivity contribution in [2.45, 2.75) is 70.8 Å². The average molecular weight is 714 g/mol. The number of amides is 1. The lowest BCUT2D eigenvalue weighted by atomic mass is 9.99. The first-order valence-electron chi connectivity index (χ1n) is 15.3. The molecule has 2 aromatic carbocycles. The molecule has 3 rings (SSSR count). The number of carbonyl (C=O) groups excluding carboxylic acids is 5. The molecule has 0 spiro atoms. The number of nitrogens with one attached hydrogen (secondary N) is 1. The first-order valence-corrected chi connectivity index (χ1v) is 16.3. The molecule has 0 saturated carbocycles. The van der Waals surface area contributed by atoms with E-state index in [9.17, 15) is 24.0 Å². The molecule has 1 unspecified atom stereocenters. The summed E-state index contributed by atoms with van der Waals surface area (Å²) in [6.45, 7) is 4.09. The van der Waals surface area contributed by atoms with Crippen LogP contribution in [-0.2, 0) is 49.3 Å². The van der Waals surface area contributed by atoms with E-state index in [1.807, 2.05) is 24.3 Å². The van der Waals surface area contributed by atoms with E-state index in [-0.39, 0.29) is 17.9 Å². The molecule has 0 aliphatic carbocycles. The predicted octanol–water partition coefficient (Wildman–Crippen LogP) is 4.58. The van der Waals surface area contributed by atoms with E-state index in [0.717, 1.165) is 32.0 Å². The summed E-state index contributed by atoms with van der Waals surface area (Å²) in [7, 11) is 0. The van der Waals surface area contributed by atoms with E-state index in [1.165, 1.54) is 24.3 Å². The van der Waals surface area contributed by atoms with Crippen molar-refractivity contribution in [1.29, 1.82) is 0 Å². The molecule has 0 bridgehead atoms. The largest absolute Gasteiger partial charge is 0.463 e. The molecule has 1 N–H and O–H groups in total. The summed E-state index contributed by atoms with van der Waals surface area (Å²) in [6.07, 6.45) is -7.12. The van der Waals surface area contributed by atoms with Crippen LogP contribution in [-0.4, -0.2) is 92.0 Å². The van der Waals surface area contributed by atoms with Crippen LogP contribution in [0.4, 0.5) is 15.8 Å². The molecular formula is C33H39Cl2FN2O10. The monoisotopic (exact) mass is 712 g/mol. The van der Waals surface area contributed by atoms with Crippen LogP contribution >= 0.6 is 23.2 Å². The van der Waals surface area contributed by atoms with Gasteiger partial charge in [-0.15, -0.1) is 23.2 Å². The van der Waals surface area contributed by atoms with Crippen LogP contribution in [0, 0.1) is 0 Å². The Kier molecular flexibility index (Phi) is 15.4. The van der Waals surface area contributed by atoms with Crippen LogP contribution in [0.2, 0.25) is 0 Å². The molecule has 48 heavy (non-hydrogen) atoms. The SMILES string of the molecule is CC(=O)OC[C@H]1OC(OC(=O)c2ccc(NC(=O)CCCc3ccc(N(CCCl)CCCl)cc3)cc2)[C@H](F)[C@@H](OC(C)=O)[C@@H]1OC(C)=O. The molecular weight excluding hydrogens is 674 g/mol. The van der Waals surface area contributed by atoms with Crippen molar-refractivity contribution in [2.24, 2.45) is 0 Å². The van der Waals surface area contributed by atoms with E-state index in [2.05, 4.69) is 10.2 Å². The third-order valence-electron chi connectivity index (χ3n) is 7.14. The van der Waals surface area contributed by atoms with Crippen molar-refractivity contribution < 1.29 is 52.0 Å². The smallest absolute Gasteiger partial charge is 0.340 e. The molecule has 1 heterocycles. The van der Waals surface area contributed by atoms with Gasteiger partial charge >= 0.3 is 23.9 Å². The standard InChI is InChI=1S/C33H39Cl2FN2O10/c1-20(39)44-19-27-30(45-21(2)40)31(46-22(3)41)29(36)33(47-27)48-32(43)24-9-11-25(12-10-24)37-28(42)6-4-5-23-7-13-26(14-8-23)38(17-15-34)18-16-35/h7-14,27,29-31,33H,4-6,15-19H2,1-3H3,(H,37,42)/t27-,29-,30-,31-,33?/m1/s1. The van der Waals surface area contributed by atoms with Crippen molar-refractivity contribution in [3.05, 3.63) is 59.7 Å². The number of esters is 4. The fourth-order valence-electron chi connectivity index (χ4n) is 4.94. The normalized spacial score (nSPS) is 20.2. The highest BCUT2D eigenvalue weighted by Gasteiger charge is 2.52. The minimum atomic E-state index is -2.26. The summed E-state index contributed by atoms with van der Waals surface area (Å²) in [5, 5.41) is 2.77. The zero-order chi connectivity index (χ0) is 35.2. The van der Waals surface area contributed by atoms with Crippen molar-refractivity contribution in [2.75, 3.05) is 41.7 Å². The molecule has 2 aromatic rings. The highest BCUT2D eigenvalue weighted by Crippen LogP contribution is 2.30. The molecule has 262 valence electrons. The number of anilines is 2. The number of alkyl halides is 3. The number of rotatable bonds is 16. The summed E-state index contributed by atoms with van der Waals surface area (Å²) in [5.74, 6) is -2.64. The number of hydrogen-bond acceptors (Lipinski definition) is 11. The molecule has 1 saturated heterocycles. The number of nitrogens with zero attached hydrogens (tertiary/aromatic N) is 1. The van der Waals surface area contributed by atoms with Crippen LogP contribution in [0.25, 0.3) is 0 Å². The number of carbonyl (C=O) groups is 5. The number of ether oxygens (including phenoxy) is 5. The van der Waals surface area contributed by atoms with Crippen molar-refractivity contribution in [3.8, 4) is 0 Å². The first-order chi connectivity index (χ1) is 22.9. The summed E-state index contributed by atoms with van der Waals surface area (Å²) >= 11 is 11.8. The maximum Gasteiger partial charge on any atom is 0.340 e. The van der Waals surface area contributed by atoms with Gasteiger partial charge in [-0.25, -0.2) is 9.18 Å². The third kappa shape index (κ3) is 11.9. The lowest BCUT2D eigenvalue weighted by molar-refractivity contribution is -0.278. The Hall–Kier alpha value is -3.94. The minimum absolute atomic E-state index is 0.00517. The third-order valence-corrected chi connectivity index (χ3v) is 7.47. The highest BCUT2D eigenvalue weighted by molar-refractivity contribution is 6.18.